The van der Waals surface area contributed by atoms with Gasteiger partial charge >= 0.3 is 0 Å². The molecule has 1 saturated heterocycles. The quantitative estimate of drug-likeness (QED) is 0.761. The van der Waals surface area contributed by atoms with Gasteiger partial charge in [-0.1, -0.05) is 41.9 Å². The fourth-order valence-corrected chi connectivity index (χ4v) is 3.77. The first-order chi connectivity index (χ1) is 12.3. The van der Waals surface area contributed by atoms with Gasteiger partial charge in [0.2, 0.25) is 0 Å². The molecule has 0 bridgehead atoms. The van der Waals surface area contributed by atoms with E-state index < -0.39 is 0 Å². The zero-order valence-corrected chi connectivity index (χ0v) is 17.5. The Morgan fingerprint density at radius 1 is 1.04 bits per heavy atom. The third-order valence-corrected chi connectivity index (χ3v) is 5.16. The summed E-state index contributed by atoms with van der Waals surface area (Å²) in [6.45, 7) is 6.12. The maximum Gasteiger partial charge on any atom is 0.127 e. The predicted octanol–water partition coefficient (Wildman–Crippen LogP) is 4.80. The van der Waals surface area contributed by atoms with Gasteiger partial charge in [0.25, 0.3) is 0 Å². The van der Waals surface area contributed by atoms with E-state index in [-0.39, 0.29) is 24.8 Å². The SMILES string of the molecule is Cl.Cl.Clc1ccc2c(c1)/C(=C/CCN1CCNCC1)c1ccccc1CO2. The number of hydrogen-bond donors (Lipinski definition) is 1. The molecule has 0 saturated carbocycles. The lowest BCUT2D eigenvalue weighted by atomic mass is 9.93. The highest BCUT2D eigenvalue weighted by Gasteiger charge is 2.19. The first kappa shape index (κ1) is 22.1. The Morgan fingerprint density at radius 3 is 2.63 bits per heavy atom. The third-order valence-electron chi connectivity index (χ3n) is 4.93. The Hall–Kier alpha value is -1.23. The zero-order valence-electron chi connectivity index (χ0n) is 15.1. The Balaban J connectivity index is 0.00000131. The highest BCUT2D eigenvalue weighted by Crippen LogP contribution is 2.38. The maximum absolute atomic E-state index is 6.28. The Bertz CT molecular complexity index is 789. The molecule has 6 heteroatoms. The van der Waals surface area contributed by atoms with Gasteiger partial charge in [-0.05, 0) is 41.3 Å². The first-order valence-electron chi connectivity index (χ1n) is 8.95. The number of benzene rings is 2. The van der Waals surface area contributed by atoms with Gasteiger partial charge in [0, 0.05) is 43.3 Å². The van der Waals surface area contributed by atoms with Crippen molar-refractivity contribution in [3.63, 3.8) is 0 Å². The van der Waals surface area contributed by atoms with E-state index in [9.17, 15) is 0 Å². The molecule has 3 nitrogen and oxygen atoms in total. The van der Waals surface area contributed by atoms with E-state index in [2.05, 4.69) is 40.6 Å². The van der Waals surface area contributed by atoms with E-state index in [0.717, 1.165) is 55.5 Å². The summed E-state index contributed by atoms with van der Waals surface area (Å²) < 4.78 is 6.04. The summed E-state index contributed by atoms with van der Waals surface area (Å²) in [5.74, 6) is 0.911. The molecule has 2 aliphatic rings. The number of nitrogens with zero attached hydrogens (tertiary/aromatic N) is 1. The van der Waals surface area contributed by atoms with Crippen LogP contribution in [0.3, 0.4) is 0 Å². The van der Waals surface area contributed by atoms with Crippen LogP contribution in [0.5, 0.6) is 5.75 Å². The van der Waals surface area contributed by atoms with Gasteiger partial charge in [-0.15, -0.1) is 24.8 Å². The van der Waals surface area contributed by atoms with Crippen LogP contribution in [0.25, 0.3) is 5.57 Å². The molecule has 2 aromatic carbocycles. The van der Waals surface area contributed by atoms with E-state index in [1.165, 1.54) is 16.7 Å². The lowest BCUT2D eigenvalue weighted by Gasteiger charge is -2.26. The number of rotatable bonds is 3. The largest absolute Gasteiger partial charge is 0.488 e. The summed E-state index contributed by atoms with van der Waals surface area (Å²) >= 11 is 6.28. The topological polar surface area (TPSA) is 24.5 Å². The van der Waals surface area contributed by atoms with Crippen LogP contribution in [0, 0.1) is 0 Å². The third kappa shape index (κ3) is 5.18. The number of halogens is 3. The van der Waals surface area contributed by atoms with Crippen LogP contribution in [0.2, 0.25) is 5.02 Å². The van der Waals surface area contributed by atoms with Gasteiger partial charge in [-0.3, -0.25) is 0 Å². The molecule has 0 spiro atoms. The minimum Gasteiger partial charge on any atom is -0.488 e. The molecule has 0 atom stereocenters. The van der Waals surface area contributed by atoms with Crippen molar-refractivity contribution < 1.29 is 4.74 Å². The fourth-order valence-electron chi connectivity index (χ4n) is 3.59. The van der Waals surface area contributed by atoms with Gasteiger partial charge < -0.3 is 15.0 Å². The monoisotopic (exact) mass is 426 g/mol. The first-order valence-corrected chi connectivity index (χ1v) is 9.33. The Morgan fingerprint density at radius 2 is 1.81 bits per heavy atom. The average Bonchev–Trinajstić information content (AvgIpc) is 2.80. The summed E-state index contributed by atoms with van der Waals surface area (Å²) in [5, 5.41) is 4.15. The van der Waals surface area contributed by atoms with E-state index in [1.807, 2.05) is 18.2 Å². The van der Waals surface area contributed by atoms with Gasteiger partial charge in [0.15, 0.2) is 0 Å². The molecule has 27 heavy (non-hydrogen) atoms. The van der Waals surface area contributed by atoms with Crippen LogP contribution in [-0.4, -0.2) is 37.6 Å². The van der Waals surface area contributed by atoms with Crippen molar-refractivity contribution in [3.8, 4) is 5.75 Å². The Labute approximate surface area is 178 Å². The molecule has 0 radical (unpaired) electrons. The maximum atomic E-state index is 6.28. The molecule has 0 aliphatic carbocycles. The molecular weight excluding hydrogens is 403 g/mol. The molecule has 0 unspecified atom stereocenters. The number of fused-ring (bicyclic) bond motifs is 2. The molecule has 2 aliphatic heterocycles. The van der Waals surface area contributed by atoms with Gasteiger partial charge in [0.1, 0.15) is 12.4 Å². The normalized spacial score (nSPS) is 17.6. The van der Waals surface area contributed by atoms with Crippen molar-refractivity contribution in [1.82, 2.24) is 10.2 Å². The lowest BCUT2D eigenvalue weighted by Crippen LogP contribution is -2.43. The van der Waals surface area contributed by atoms with E-state index >= 15 is 0 Å². The molecule has 2 aromatic rings. The molecule has 4 rings (SSSR count). The summed E-state index contributed by atoms with van der Waals surface area (Å²) in [6.07, 6.45) is 3.38. The average molecular weight is 428 g/mol. The van der Waals surface area contributed by atoms with Gasteiger partial charge in [0.05, 0.1) is 0 Å². The molecule has 0 aromatic heterocycles. The lowest BCUT2D eigenvalue weighted by molar-refractivity contribution is 0.245. The van der Waals surface area contributed by atoms with Crippen molar-refractivity contribution >= 4 is 42.0 Å². The summed E-state index contributed by atoms with van der Waals surface area (Å²) in [7, 11) is 0. The number of piperazine rings is 1. The van der Waals surface area contributed by atoms with E-state index in [0.29, 0.717) is 6.61 Å². The van der Waals surface area contributed by atoms with Crippen LogP contribution >= 0.6 is 36.4 Å². The number of hydrogen-bond acceptors (Lipinski definition) is 3. The Kier molecular flexibility index (Phi) is 8.46. The van der Waals surface area contributed by atoms with Crippen molar-refractivity contribution in [2.75, 3.05) is 32.7 Å². The minimum absolute atomic E-state index is 0. The van der Waals surface area contributed by atoms with Crippen LogP contribution in [0.15, 0.2) is 48.5 Å². The molecule has 146 valence electrons. The smallest absolute Gasteiger partial charge is 0.127 e. The van der Waals surface area contributed by atoms with Crippen molar-refractivity contribution in [3.05, 3.63) is 70.3 Å². The van der Waals surface area contributed by atoms with Crippen LogP contribution in [0.4, 0.5) is 0 Å². The van der Waals surface area contributed by atoms with E-state index in [4.69, 9.17) is 16.3 Å². The summed E-state index contributed by atoms with van der Waals surface area (Å²) in [4.78, 5) is 2.52. The van der Waals surface area contributed by atoms with Crippen LogP contribution in [0.1, 0.15) is 23.1 Å². The highest BCUT2D eigenvalue weighted by molar-refractivity contribution is 6.30. The minimum atomic E-state index is 0. The second kappa shape index (κ2) is 10.4. The molecule has 1 N–H and O–H groups in total. The second-order valence-electron chi connectivity index (χ2n) is 6.58. The van der Waals surface area contributed by atoms with Crippen molar-refractivity contribution in [1.29, 1.82) is 0 Å². The van der Waals surface area contributed by atoms with Gasteiger partial charge in [-0.2, -0.15) is 0 Å². The summed E-state index contributed by atoms with van der Waals surface area (Å²) in [5.41, 5.74) is 4.81. The number of nitrogens with one attached hydrogen (secondary N) is 1. The van der Waals surface area contributed by atoms with Crippen molar-refractivity contribution in [2.45, 2.75) is 13.0 Å². The second-order valence-corrected chi connectivity index (χ2v) is 7.02. The van der Waals surface area contributed by atoms with Crippen LogP contribution in [-0.2, 0) is 6.61 Å². The fraction of sp³-hybridized carbons (Fsp3) is 0.333. The predicted molar refractivity (Wildman–Crippen MR) is 118 cm³/mol. The summed E-state index contributed by atoms with van der Waals surface area (Å²) in [6, 6.07) is 14.4. The molecular formula is C21H25Cl3N2O. The zero-order chi connectivity index (χ0) is 17.1. The van der Waals surface area contributed by atoms with Crippen LogP contribution < -0.4 is 10.1 Å². The number of ether oxygens (including phenoxy) is 1. The molecule has 2 heterocycles. The highest BCUT2D eigenvalue weighted by atomic mass is 35.5. The molecule has 1 fully saturated rings. The van der Waals surface area contributed by atoms with Gasteiger partial charge in [-0.25, -0.2) is 0 Å². The van der Waals surface area contributed by atoms with E-state index in [1.54, 1.807) is 0 Å². The van der Waals surface area contributed by atoms with Crippen molar-refractivity contribution in [2.24, 2.45) is 0 Å². The molecule has 0 amide bonds. The standard InChI is InChI=1S/C21H23ClN2O.2ClH/c22-17-7-8-21-20(14-17)19(6-3-11-24-12-9-23-10-13-24)18-5-2-1-4-16(18)15-25-21;;/h1-2,4-8,14,23H,3,9-13,15H2;2*1H/b19-6+;;.